The van der Waals surface area contributed by atoms with Gasteiger partial charge in [0.2, 0.25) is 0 Å². The van der Waals surface area contributed by atoms with Gasteiger partial charge in [-0.15, -0.1) is 0 Å². The zero-order valence-corrected chi connectivity index (χ0v) is 12.5. The van der Waals surface area contributed by atoms with Crippen LogP contribution >= 0.6 is 0 Å². The van der Waals surface area contributed by atoms with Gasteiger partial charge in [0.15, 0.2) is 5.78 Å². The molecule has 0 bridgehead atoms. The van der Waals surface area contributed by atoms with E-state index in [1.807, 2.05) is 0 Å². The molecule has 20 heavy (non-hydrogen) atoms. The Labute approximate surface area is 118 Å². The fraction of sp³-hybridized carbons (Fsp3) is 0.800. The molecule has 0 radical (unpaired) electrons. The number of carbonyl (C=O) groups is 1. The van der Waals surface area contributed by atoms with Crippen molar-refractivity contribution < 1.29 is 23.1 Å². The molecular formula is C15H23F3O2. The molecule has 1 rings (SSSR count). The molecular weight excluding hydrogens is 269 g/mol. The number of rotatable bonds is 3. The van der Waals surface area contributed by atoms with Crippen molar-refractivity contribution >= 4 is 5.78 Å². The minimum absolute atomic E-state index is 0.188. The Balaban J connectivity index is 2.77. The molecule has 1 fully saturated rings. The monoisotopic (exact) mass is 292 g/mol. The summed E-state index contributed by atoms with van der Waals surface area (Å²) < 4.78 is 38.3. The highest BCUT2D eigenvalue weighted by molar-refractivity contribution is 5.92. The molecule has 116 valence electrons. The third kappa shape index (κ3) is 3.76. The van der Waals surface area contributed by atoms with Gasteiger partial charge in [0.1, 0.15) is 11.2 Å². The van der Waals surface area contributed by atoms with Crippen LogP contribution < -0.4 is 0 Å². The van der Waals surface area contributed by atoms with Crippen LogP contribution in [0.15, 0.2) is 11.8 Å². The average molecular weight is 292 g/mol. The van der Waals surface area contributed by atoms with Gasteiger partial charge in [0.25, 0.3) is 0 Å². The van der Waals surface area contributed by atoms with Crippen LogP contribution in [-0.2, 0) is 4.79 Å². The molecule has 2 nitrogen and oxygen atoms in total. The number of carbonyl (C=O) groups excluding carboxylic acids is 1. The van der Waals surface area contributed by atoms with Crippen molar-refractivity contribution in [3.63, 3.8) is 0 Å². The third-order valence-electron chi connectivity index (χ3n) is 4.37. The molecule has 0 atom stereocenters. The van der Waals surface area contributed by atoms with Gasteiger partial charge in [-0.05, 0) is 44.9 Å². The van der Waals surface area contributed by atoms with Crippen molar-refractivity contribution in [3.8, 4) is 0 Å². The van der Waals surface area contributed by atoms with Crippen LogP contribution in [0, 0.1) is 16.7 Å². The molecule has 0 aromatic rings. The van der Waals surface area contributed by atoms with Gasteiger partial charge in [0, 0.05) is 12.0 Å². The van der Waals surface area contributed by atoms with Gasteiger partial charge in [-0.3, -0.25) is 4.79 Å². The number of hydrogen-bond acceptors (Lipinski definition) is 2. The number of halogens is 3. The lowest BCUT2D eigenvalue weighted by Gasteiger charge is -2.33. The van der Waals surface area contributed by atoms with Crippen LogP contribution in [0.25, 0.3) is 0 Å². The number of aliphatic hydroxyl groups excluding tert-OH is 1. The summed E-state index contributed by atoms with van der Waals surface area (Å²) in [6.07, 6.45) is -0.718. The summed E-state index contributed by atoms with van der Waals surface area (Å²) in [5, 5.41) is 9.64. The molecule has 0 aromatic carbocycles. The zero-order chi connectivity index (χ0) is 15.8. The van der Waals surface area contributed by atoms with Crippen LogP contribution in [0.1, 0.15) is 53.4 Å². The van der Waals surface area contributed by atoms with Gasteiger partial charge < -0.3 is 5.11 Å². The normalized spacial score (nSPS) is 21.9. The molecule has 0 saturated heterocycles. The summed E-state index contributed by atoms with van der Waals surface area (Å²) >= 11 is 0. The number of hydrogen-bond donors (Lipinski definition) is 1. The van der Waals surface area contributed by atoms with E-state index in [0.29, 0.717) is 12.8 Å². The van der Waals surface area contributed by atoms with Crippen molar-refractivity contribution in [2.24, 2.45) is 16.7 Å². The Hall–Kier alpha value is -1.00. The molecule has 1 aliphatic rings. The molecule has 0 aliphatic heterocycles. The number of ketones is 1. The van der Waals surface area contributed by atoms with Crippen LogP contribution in [0.5, 0.6) is 0 Å². The Morgan fingerprint density at radius 3 is 2.05 bits per heavy atom. The number of allylic oxidation sites excluding steroid dienone is 2. The van der Waals surface area contributed by atoms with E-state index in [9.17, 15) is 23.1 Å². The van der Waals surface area contributed by atoms with Crippen LogP contribution in [-0.4, -0.2) is 17.1 Å². The SMILES string of the molecule is CC1(C)CCC(C(=O)C=C(O)C(C)(C)C(F)(F)F)CC1. The van der Waals surface area contributed by atoms with E-state index in [0.717, 1.165) is 32.8 Å². The van der Waals surface area contributed by atoms with Gasteiger partial charge >= 0.3 is 6.18 Å². The Kier molecular flexibility index (Phi) is 4.62. The maximum atomic E-state index is 12.8. The topological polar surface area (TPSA) is 37.3 Å². The van der Waals surface area contributed by atoms with E-state index in [4.69, 9.17) is 0 Å². The molecule has 1 aliphatic carbocycles. The Bertz CT molecular complexity index is 396. The van der Waals surface area contributed by atoms with Crippen molar-refractivity contribution in [2.45, 2.75) is 59.6 Å². The average Bonchev–Trinajstić information content (AvgIpc) is 2.26. The van der Waals surface area contributed by atoms with Crippen molar-refractivity contribution in [3.05, 3.63) is 11.8 Å². The van der Waals surface area contributed by atoms with Gasteiger partial charge in [-0.2, -0.15) is 13.2 Å². The summed E-state index contributed by atoms with van der Waals surface area (Å²) in [4.78, 5) is 12.0. The minimum atomic E-state index is -4.58. The smallest absolute Gasteiger partial charge is 0.400 e. The maximum absolute atomic E-state index is 12.8. The summed E-state index contributed by atoms with van der Waals surface area (Å²) in [6, 6.07) is 0. The zero-order valence-electron chi connectivity index (χ0n) is 12.5. The summed E-state index contributed by atoms with van der Waals surface area (Å²) in [5.41, 5.74) is -2.20. The summed E-state index contributed by atoms with van der Waals surface area (Å²) in [6.45, 7) is 5.98. The van der Waals surface area contributed by atoms with Crippen molar-refractivity contribution in [1.29, 1.82) is 0 Å². The number of aliphatic hydroxyl groups is 1. The molecule has 0 aromatic heterocycles. The second kappa shape index (κ2) is 5.41. The second-order valence-corrected chi connectivity index (χ2v) is 6.99. The Morgan fingerprint density at radius 1 is 1.20 bits per heavy atom. The van der Waals surface area contributed by atoms with Gasteiger partial charge in [-0.25, -0.2) is 0 Å². The number of alkyl halides is 3. The van der Waals surface area contributed by atoms with E-state index in [1.165, 1.54) is 0 Å². The quantitative estimate of drug-likeness (QED) is 0.599. The maximum Gasteiger partial charge on any atom is 0.400 e. The first kappa shape index (κ1) is 17.1. The van der Waals surface area contributed by atoms with E-state index >= 15 is 0 Å². The molecule has 0 amide bonds. The highest BCUT2D eigenvalue weighted by atomic mass is 19.4. The highest BCUT2D eigenvalue weighted by Crippen LogP contribution is 2.43. The van der Waals surface area contributed by atoms with Crippen LogP contribution in [0.2, 0.25) is 0 Å². The van der Waals surface area contributed by atoms with E-state index in [1.54, 1.807) is 0 Å². The van der Waals surface area contributed by atoms with Gasteiger partial charge in [0.05, 0.1) is 0 Å². The largest absolute Gasteiger partial charge is 0.511 e. The highest BCUT2D eigenvalue weighted by Gasteiger charge is 2.50. The first-order valence-electron chi connectivity index (χ1n) is 6.88. The fourth-order valence-electron chi connectivity index (χ4n) is 2.26. The predicted molar refractivity (Wildman–Crippen MR) is 71.3 cm³/mol. The first-order valence-corrected chi connectivity index (χ1v) is 6.88. The Morgan fingerprint density at radius 2 is 1.65 bits per heavy atom. The molecule has 0 heterocycles. The molecule has 1 saturated carbocycles. The van der Waals surface area contributed by atoms with Crippen LogP contribution in [0.4, 0.5) is 13.2 Å². The van der Waals surface area contributed by atoms with Crippen molar-refractivity contribution in [1.82, 2.24) is 0 Å². The predicted octanol–water partition coefficient (Wildman–Crippen LogP) is 4.80. The molecule has 5 heteroatoms. The lowest BCUT2D eigenvalue weighted by atomic mass is 9.72. The molecule has 1 N–H and O–H groups in total. The van der Waals surface area contributed by atoms with Crippen molar-refractivity contribution in [2.75, 3.05) is 0 Å². The molecule has 0 spiro atoms. The van der Waals surface area contributed by atoms with E-state index in [2.05, 4.69) is 13.8 Å². The standard InChI is InChI=1S/C15H23F3O2/c1-13(2)7-5-10(6-8-13)11(19)9-12(20)14(3,4)15(16,17)18/h9-10,20H,5-8H2,1-4H3. The van der Waals surface area contributed by atoms with Gasteiger partial charge in [-0.1, -0.05) is 13.8 Å². The molecule has 0 unspecified atom stereocenters. The van der Waals surface area contributed by atoms with Crippen LogP contribution in [0.3, 0.4) is 0 Å². The minimum Gasteiger partial charge on any atom is -0.511 e. The lowest BCUT2D eigenvalue weighted by molar-refractivity contribution is -0.206. The fourth-order valence-corrected chi connectivity index (χ4v) is 2.26. The second-order valence-electron chi connectivity index (χ2n) is 6.99. The summed E-state index contributed by atoms with van der Waals surface area (Å²) in [7, 11) is 0. The summed E-state index contributed by atoms with van der Waals surface area (Å²) in [5.74, 6) is -1.57. The van der Waals surface area contributed by atoms with E-state index < -0.39 is 23.1 Å². The lowest BCUT2D eigenvalue weighted by Crippen LogP contribution is -2.35. The van der Waals surface area contributed by atoms with E-state index in [-0.39, 0.29) is 11.3 Å². The first-order chi connectivity index (χ1) is 8.87. The third-order valence-corrected chi connectivity index (χ3v) is 4.37.